The fraction of sp³-hybridized carbons (Fsp3) is 0.909. The Morgan fingerprint density at radius 2 is 2.29 bits per heavy atom. The summed E-state index contributed by atoms with van der Waals surface area (Å²) in [5.41, 5.74) is 0. The fourth-order valence-corrected chi connectivity index (χ4v) is 2.55. The van der Waals surface area contributed by atoms with E-state index in [1.807, 2.05) is 0 Å². The van der Waals surface area contributed by atoms with E-state index in [4.69, 9.17) is 0 Å². The lowest BCUT2D eigenvalue weighted by molar-refractivity contribution is -0.125. The van der Waals surface area contributed by atoms with Crippen molar-refractivity contribution in [1.29, 1.82) is 0 Å². The first kappa shape index (κ1) is 9.97. The van der Waals surface area contributed by atoms with Gasteiger partial charge in [0.05, 0.1) is 5.92 Å². The molecule has 2 aliphatic rings. The molecule has 2 aliphatic heterocycles. The average Bonchev–Trinajstić information content (AvgIpc) is 2.74. The Morgan fingerprint density at radius 1 is 1.50 bits per heavy atom. The number of carbonyl (C=O) groups excluding carboxylic acids is 1. The van der Waals surface area contributed by atoms with Gasteiger partial charge in [-0.15, -0.1) is 0 Å². The summed E-state index contributed by atoms with van der Waals surface area (Å²) in [7, 11) is 0. The lowest BCUT2D eigenvalue weighted by Gasteiger charge is -2.19. The summed E-state index contributed by atoms with van der Waals surface area (Å²) in [6, 6.07) is 1.09. The van der Waals surface area contributed by atoms with E-state index in [0.717, 1.165) is 13.0 Å². The van der Waals surface area contributed by atoms with Crippen molar-refractivity contribution in [1.82, 2.24) is 10.6 Å². The monoisotopic (exact) mass is 196 g/mol. The summed E-state index contributed by atoms with van der Waals surface area (Å²) >= 11 is 0. The molecule has 0 aromatic heterocycles. The largest absolute Gasteiger partial charge is 0.356 e. The predicted molar refractivity (Wildman–Crippen MR) is 55.9 cm³/mol. The second-order valence-electron chi connectivity index (χ2n) is 5.03. The molecule has 2 rings (SSSR count). The average molecular weight is 196 g/mol. The normalized spacial score (nSPS) is 35.2. The summed E-state index contributed by atoms with van der Waals surface area (Å²) in [6.45, 7) is 5.06. The number of rotatable bonds is 3. The van der Waals surface area contributed by atoms with Gasteiger partial charge in [0.1, 0.15) is 0 Å². The minimum atomic E-state index is 0.243. The number of fused-ring (bicyclic) bond motifs is 2. The van der Waals surface area contributed by atoms with Crippen molar-refractivity contribution in [3.05, 3.63) is 0 Å². The van der Waals surface area contributed by atoms with Crippen LogP contribution in [0.1, 0.15) is 33.1 Å². The highest BCUT2D eigenvalue weighted by Crippen LogP contribution is 2.33. The van der Waals surface area contributed by atoms with Crippen LogP contribution in [0.15, 0.2) is 0 Å². The van der Waals surface area contributed by atoms with Crippen LogP contribution >= 0.6 is 0 Å². The van der Waals surface area contributed by atoms with Crippen molar-refractivity contribution in [3.63, 3.8) is 0 Å². The summed E-state index contributed by atoms with van der Waals surface area (Å²) in [4.78, 5) is 11.8. The molecule has 0 aliphatic carbocycles. The van der Waals surface area contributed by atoms with Crippen molar-refractivity contribution in [3.8, 4) is 0 Å². The molecule has 3 nitrogen and oxygen atoms in total. The van der Waals surface area contributed by atoms with Gasteiger partial charge in [-0.2, -0.15) is 0 Å². The molecule has 3 unspecified atom stereocenters. The molecule has 0 radical (unpaired) electrons. The molecule has 80 valence electrons. The number of nitrogens with one attached hydrogen (secondary N) is 2. The zero-order chi connectivity index (χ0) is 10.1. The van der Waals surface area contributed by atoms with Crippen LogP contribution in [-0.4, -0.2) is 24.5 Å². The molecule has 1 amide bonds. The summed E-state index contributed by atoms with van der Waals surface area (Å²) in [5.74, 6) is 1.05. The third-order valence-electron chi connectivity index (χ3n) is 3.32. The van der Waals surface area contributed by atoms with E-state index in [0.29, 0.717) is 18.0 Å². The van der Waals surface area contributed by atoms with Crippen molar-refractivity contribution in [2.45, 2.75) is 45.2 Å². The Balaban J connectivity index is 1.81. The van der Waals surface area contributed by atoms with Gasteiger partial charge in [-0.25, -0.2) is 0 Å². The van der Waals surface area contributed by atoms with Crippen LogP contribution < -0.4 is 10.6 Å². The van der Waals surface area contributed by atoms with Crippen LogP contribution in [0.25, 0.3) is 0 Å². The summed E-state index contributed by atoms with van der Waals surface area (Å²) < 4.78 is 0. The molecule has 2 fully saturated rings. The van der Waals surface area contributed by atoms with Gasteiger partial charge in [-0.3, -0.25) is 4.79 Å². The molecule has 0 aromatic rings. The third-order valence-corrected chi connectivity index (χ3v) is 3.32. The Labute approximate surface area is 85.6 Å². The van der Waals surface area contributed by atoms with E-state index < -0.39 is 0 Å². The molecular weight excluding hydrogens is 176 g/mol. The van der Waals surface area contributed by atoms with Crippen LogP contribution in [0.2, 0.25) is 0 Å². The fourth-order valence-electron chi connectivity index (χ4n) is 2.55. The number of hydrogen-bond donors (Lipinski definition) is 2. The van der Waals surface area contributed by atoms with Gasteiger partial charge in [0.25, 0.3) is 0 Å². The number of amides is 1. The Hall–Kier alpha value is -0.570. The summed E-state index contributed by atoms with van der Waals surface area (Å²) in [5, 5.41) is 6.52. The molecule has 3 heteroatoms. The van der Waals surface area contributed by atoms with Gasteiger partial charge in [0.2, 0.25) is 5.91 Å². The van der Waals surface area contributed by atoms with Gasteiger partial charge in [0.15, 0.2) is 0 Å². The number of carbonyl (C=O) groups is 1. The number of hydrogen-bond acceptors (Lipinski definition) is 2. The SMILES string of the molecule is CC(C)CNC(=O)C1CC2CCC1N2. The van der Waals surface area contributed by atoms with Gasteiger partial charge >= 0.3 is 0 Å². The highest BCUT2D eigenvalue weighted by atomic mass is 16.1. The van der Waals surface area contributed by atoms with Gasteiger partial charge in [-0.1, -0.05) is 13.8 Å². The van der Waals surface area contributed by atoms with Crippen LogP contribution in [0, 0.1) is 11.8 Å². The molecule has 14 heavy (non-hydrogen) atoms. The van der Waals surface area contributed by atoms with Crippen molar-refractivity contribution >= 4 is 5.91 Å². The van der Waals surface area contributed by atoms with E-state index >= 15 is 0 Å². The molecule has 3 atom stereocenters. The summed E-state index contributed by atoms with van der Waals surface area (Å²) in [6.07, 6.45) is 3.50. The van der Waals surface area contributed by atoms with Crippen LogP contribution in [-0.2, 0) is 4.79 Å². The smallest absolute Gasteiger partial charge is 0.224 e. The van der Waals surface area contributed by atoms with Gasteiger partial charge < -0.3 is 10.6 Å². The van der Waals surface area contributed by atoms with Crippen LogP contribution in [0.3, 0.4) is 0 Å². The maximum Gasteiger partial charge on any atom is 0.224 e. The standard InChI is InChI=1S/C11H20N2O/c1-7(2)6-12-11(14)9-5-8-3-4-10(9)13-8/h7-10,13H,3-6H2,1-2H3,(H,12,14). The zero-order valence-corrected chi connectivity index (χ0v) is 9.05. The molecule has 2 saturated heterocycles. The molecule has 2 heterocycles. The lowest BCUT2D eigenvalue weighted by Crippen LogP contribution is -2.38. The van der Waals surface area contributed by atoms with E-state index in [2.05, 4.69) is 24.5 Å². The maximum atomic E-state index is 11.8. The van der Waals surface area contributed by atoms with E-state index in [9.17, 15) is 4.79 Å². The van der Waals surface area contributed by atoms with Crippen molar-refractivity contribution in [2.24, 2.45) is 11.8 Å². The van der Waals surface area contributed by atoms with Gasteiger partial charge in [0, 0.05) is 18.6 Å². The second-order valence-corrected chi connectivity index (χ2v) is 5.03. The Bertz CT molecular complexity index is 227. The van der Waals surface area contributed by atoms with E-state index in [1.54, 1.807) is 0 Å². The minimum Gasteiger partial charge on any atom is -0.356 e. The first-order valence-electron chi connectivity index (χ1n) is 5.70. The quantitative estimate of drug-likeness (QED) is 0.704. The van der Waals surface area contributed by atoms with Crippen LogP contribution in [0.5, 0.6) is 0 Å². The van der Waals surface area contributed by atoms with Crippen LogP contribution in [0.4, 0.5) is 0 Å². The Morgan fingerprint density at radius 3 is 2.79 bits per heavy atom. The third kappa shape index (κ3) is 1.92. The molecule has 2 bridgehead atoms. The molecule has 0 spiro atoms. The van der Waals surface area contributed by atoms with E-state index in [-0.39, 0.29) is 11.8 Å². The van der Waals surface area contributed by atoms with Crippen molar-refractivity contribution < 1.29 is 4.79 Å². The maximum absolute atomic E-state index is 11.8. The minimum absolute atomic E-state index is 0.243. The Kier molecular flexibility index (Phi) is 2.77. The highest BCUT2D eigenvalue weighted by Gasteiger charge is 2.42. The molecule has 0 aromatic carbocycles. The molecule has 0 saturated carbocycles. The first-order chi connectivity index (χ1) is 6.66. The molecule has 2 N–H and O–H groups in total. The lowest BCUT2D eigenvalue weighted by atomic mass is 9.88. The predicted octanol–water partition coefficient (Wildman–Crippen LogP) is 0.899. The van der Waals surface area contributed by atoms with Gasteiger partial charge in [-0.05, 0) is 25.2 Å². The highest BCUT2D eigenvalue weighted by molar-refractivity contribution is 5.80. The first-order valence-corrected chi connectivity index (χ1v) is 5.70. The zero-order valence-electron chi connectivity index (χ0n) is 9.05. The topological polar surface area (TPSA) is 41.1 Å². The second kappa shape index (κ2) is 3.89. The van der Waals surface area contributed by atoms with E-state index in [1.165, 1.54) is 12.8 Å². The molecular formula is C11H20N2O. The van der Waals surface area contributed by atoms with Crippen molar-refractivity contribution in [2.75, 3.05) is 6.54 Å².